The Morgan fingerprint density at radius 3 is 2.55 bits per heavy atom. The maximum absolute atomic E-state index is 12.8. The average molecular weight is 414 g/mol. The van der Waals surface area contributed by atoms with Gasteiger partial charge in [-0.25, -0.2) is 0 Å². The van der Waals surface area contributed by atoms with E-state index >= 15 is 0 Å². The number of halogens is 1. The molecule has 150 valence electrons. The summed E-state index contributed by atoms with van der Waals surface area (Å²) in [6.07, 6.45) is 0. The normalized spacial score (nSPS) is 14.9. The number of methoxy groups -OCH3 is 1. The average Bonchev–Trinajstić information content (AvgIpc) is 2.75. The minimum atomic E-state index is -0.263. The fraction of sp³-hybridized carbons (Fsp3) is 0.273. The molecule has 2 heterocycles. The van der Waals surface area contributed by atoms with Gasteiger partial charge in [0.15, 0.2) is 11.2 Å². The molecule has 7 heteroatoms. The van der Waals surface area contributed by atoms with E-state index in [1.807, 2.05) is 12.1 Å². The quantitative estimate of drug-likeness (QED) is 0.710. The third kappa shape index (κ3) is 4.28. The van der Waals surface area contributed by atoms with Crippen molar-refractivity contribution < 1.29 is 18.8 Å². The largest absolute Gasteiger partial charge is 0.497 e. The van der Waals surface area contributed by atoms with Crippen LogP contribution < -0.4 is 15.1 Å². The van der Waals surface area contributed by atoms with Gasteiger partial charge in [-0.2, -0.15) is 0 Å². The highest BCUT2D eigenvalue weighted by Crippen LogP contribution is 2.18. The number of carbonyl (C=O) groups excluding carboxylic acids is 1. The lowest BCUT2D eigenvalue weighted by atomic mass is 10.2. The fourth-order valence-electron chi connectivity index (χ4n) is 3.62. The number of benzene rings is 2. The summed E-state index contributed by atoms with van der Waals surface area (Å²) in [5.41, 5.74) is 1.34. The topological polar surface area (TPSA) is 64.2 Å². The van der Waals surface area contributed by atoms with E-state index in [2.05, 4.69) is 12.1 Å². The number of ether oxygens (including phenoxy) is 1. The van der Waals surface area contributed by atoms with Gasteiger partial charge in [0.1, 0.15) is 17.9 Å². The number of hydrogen-bond donors (Lipinski definition) is 1. The minimum absolute atomic E-state index is 0.0726. The van der Waals surface area contributed by atoms with Crippen LogP contribution in [0.2, 0.25) is 5.02 Å². The summed E-state index contributed by atoms with van der Waals surface area (Å²) in [7, 11) is 1.66. The highest BCUT2D eigenvalue weighted by molar-refractivity contribution is 6.31. The molecule has 3 aromatic rings. The minimum Gasteiger partial charge on any atom is -0.497 e. The Kier molecular flexibility index (Phi) is 5.56. The summed E-state index contributed by atoms with van der Waals surface area (Å²) in [6.45, 7) is 3.81. The van der Waals surface area contributed by atoms with Crippen LogP contribution in [0.5, 0.6) is 5.75 Å². The van der Waals surface area contributed by atoms with Gasteiger partial charge in [-0.05, 0) is 42.5 Å². The fourth-order valence-corrected chi connectivity index (χ4v) is 3.80. The number of nitrogens with one attached hydrogen (secondary N) is 1. The molecule has 29 heavy (non-hydrogen) atoms. The summed E-state index contributed by atoms with van der Waals surface area (Å²) < 4.78 is 10.9. The summed E-state index contributed by atoms with van der Waals surface area (Å²) in [5.74, 6) is 0.671. The molecule has 4 rings (SSSR count). The van der Waals surface area contributed by atoms with Crippen molar-refractivity contribution in [2.45, 2.75) is 6.54 Å². The second kappa shape index (κ2) is 8.27. The standard InChI is InChI=1S/C22H21ClN2O4/c1-28-17-5-2-15(3-6-17)14-24-8-10-25(11-9-24)22(27)21-13-19(26)18-12-16(23)4-7-20(18)29-21/h2-7,12-13H,8-11,14H2,1H3/p+1. The first-order chi connectivity index (χ1) is 14.0. The molecule has 0 unspecified atom stereocenters. The van der Waals surface area contributed by atoms with Gasteiger partial charge in [0.2, 0.25) is 0 Å². The van der Waals surface area contributed by atoms with Gasteiger partial charge < -0.3 is 19.0 Å². The van der Waals surface area contributed by atoms with E-state index in [0.29, 0.717) is 29.1 Å². The first kappa shape index (κ1) is 19.5. The number of rotatable bonds is 4. The molecule has 0 radical (unpaired) electrons. The summed E-state index contributed by atoms with van der Waals surface area (Å²) in [4.78, 5) is 28.3. The van der Waals surface area contributed by atoms with Crippen molar-refractivity contribution in [1.82, 2.24) is 4.90 Å². The lowest BCUT2D eigenvalue weighted by molar-refractivity contribution is -0.917. The van der Waals surface area contributed by atoms with Crippen LogP contribution in [0, 0.1) is 0 Å². The second-order valence-electron chi connectivity index (χ2n) is 7.18. The molecule has 1 saturated heterocycles. The molecule has 1 amide bonds. The van der Waals surface area contributed by atoms with Crippen molar-refractivity contribution in [2.75, 3.05) is 33.3 Å². The number of quaternary nitrogens is 1. The molecule has 6 nitrogen and oxygen atoms in total. The van der Waals surface area contributed by atoms with Crippen molar-refractivity contribution in [1.29, 1.82) is 0 Å². The smallest absolute Gasteiger partial charge is 0.290 e. The molecule has 0 saturated carbocycles. The monoisotopic (exact) mass is 413 g/mol. The molecule has 1 aliphatic heterocycles. The van der Waals surface area contributed by atoms with E-state index < -0.39 is 0 Å². The Labute approximate surface area is 173 Å². The third-order valence-corrected chi connectivity index (χ3v) is 5.51. The molecular weight excluding hydrogens is 392 g/mol. The van der Waals surface area contributed by atoms with E-state index in [0.717, 1.165) is 25.4 Å². The molecule has 1 N–H and O–H groups in total. The van der Waals surface area contributed by atoms with Gasteiger partial charge in [-0.3, -0.25) is 9.59 Å². The van der Waals surface area contributed by atoms with Crippen LogP contribution in [0.1, 0.15) is 16.1 Å². The van der Waals surface area contributed by atoms with Crippen LogP contribution >= 0.6 is 11.6 Å². The van der Waals surface area contributed by atoms with Crippen molar-refractivity contribution in [3.63, 3.8) is 0 Å². The molecule has 2 aromatic carbocycles. The van der Waals surface area contributed by atoms with Crippen molar-refractivity contribution in [2.24, 2.45) is 0 Å². The zero-order valence-electron chi connectivity index (χ0n) is 16.1. The number of carbonyl (C=O) groups is 1. The van der Waals surface area contributed by atoms with Crippen molar-refractivity contribution >= 4 is 28.5 Å². The van der Waals surface area contributed by atoms with Gasteiger partial charge >= 0.3 is 0 Å². The predicted molar refractivity (Wildman–Crippen MR) is 111 cm³/mol. The molecule has 0 aliphatic carbocycles. The Morgan fingerprint density at radius 2 is 1.86 bits per heavy atom. The zero-order chi connectivity index (χ0) is 20.4. The lowest BCUT2D eigenvalue weighted by Gasteiger charge is -2.32. The molecule has 0 spiro atoms. The molecule has 0 bridgehead atoms. The Hall–Kier alpha value is -2.83. The summed E-state index contributed by atoms with van der Waals surface area (Å²) in [6, 6.07) is 14.1. The van der Waals surface area contributed by atoms with Gasteiger partial charge in [0.25, 0.3) is 5.91 Å². The number of amides is 1. The van der Waals surface area contributed by atoms with Crippen LogP contribution in [0.4, 0.5) is 0 Å². The molecule has 1 aliphatic rings. The molecule has 1 aromatic heterocycles. The van der Waals surface area contributed by atoms with Crippen LogP contribution in [0.15, 0.2) is 57.7 Å². The summed E-state index contributed by atoms with van der Waals surface area (Å²) >= 11 is 5.94. The van der Waals surface area contributed by atoms with Crippen molar-refractivity contribution in [3.8, 4) is 5.75 Å². The molecule has 0 atom stereocenters. The van der Waals surface area contributed by atoms with Gasteiger partial charge in [-0.15, -0.1) is 0 Å². The van der Waals surface area contributed by atoms with E-state index in [1.54, 1.807) is 30.2 Å². The SMILES string of the molecule is COc1ccc(C[NH+]2CCN(C(=O)c3cc(=O)c4cc(Cl)ccc4o3)CC2)cc1. The van der Waals surface area contributed by atoms with E-state index in [1.165, 1.54) is 16.5 Å². The Morgan fingerprint density at radius 1 is 1.14 bits per heavy atom. The predicted octanol–water partition coefficient (Wildman–Crippen LogP) is 2.00. The number of hydrogen-bond acceptors (Lipinski definition) is 4. The lowest BCUT2D eigenvalue weighted by Crippen LogP contribution is -3.13. The van der Waals surface area contributed by atoms with Gasteiger partial charge in [0.05, 0.1) is 38.7 Å². The first-order valence-electron chi connectivity index (χ1n) is 9.52. The van der Waals surface area contributed by atoms with Gasteiger partial charge in [0, 0.05) is 16.7 Å². The van der Waals surface area contributed by atoms with E-state index in [4.69, 9.17) is 20.8 Å². The van der Waals surface area contributed by atoms with Crippen LogP contribution in [-0.2, 0) is 6.54 Å². The maximum atomic E-state index is 12.8. The zero-order valence-corrected chi connectivity index (χ0v) is 16.9. The molecule has 1 fully saturated rings. The van der Waals surface area contributed by atoms with Crippen LogP contribution in [0.25, 0.3) is 11.0 Å². The Balaban J connectivity index is 1.41. The molecular formula is C22H22ClN2O4+. The van der Waals surface area contributed by atoms with E-state index in [-0.39, 0.29) is 17.1 Å². The number of nitrogens with zero attached hydrogens (tertiary/aromatic N) is 1. The van der Waals surface area contributed by atoms with Gasteiger partial charge in [-0.1, -0.05) is 11.6 Å². The van der Waals surface area contributed by atoms with Crippen molar-refractivity contribution in [3.05, 3.63) is 75.1 Å². The van der Waals surface area contributed by atoms with Crippen LogP contribution in [0.3, 0.4) is 0 Å². The highest BCUT2D eigenvalue weighted by atomic mass is 35.5. The third-order valence-electron chi connectivity index (χ3n) is 5.27. The summed E-state index contributed by atoms with van der Waals surface area (Å²) in [5, 5.41) is 0.836. The Bertz CT molecular complexity index is 1090. The number of piperazine rings is 1. The second-order valence-corrected chi connectivity index (χ2v) is 7.62. The number of fused-ring (bicyclic) bond motifs is 1. The first-order valence-corrected chi connectivity index (χ1v) is 9.90. The maximum Gasteiger partial charge on any atom is 0.290 e. The van der Waals surface area contributed by atoms with Crippen LogP contribution in [-0.4, -0.2) is 44.1 Å². The highest BCUT2D eigenvalue weighted by Gasteiger charge is 2.26. The van der Waals surface area contributed by atoms with E-state index in [9.17, 15) is 9.59 Å².